The Kier molecular flexibility index (Phi) is 8.37. The average molecular weight is 355 g/mol. The van der Waals surface area contributed by atoms with Crippen LogP contribution in [0.5, 0.6) is 0 Å². The Balaban J connectivity index is 2.53. The molecule has 4 heteroatoms. The van der Waals surface area contributed by atoms with Crippen LogP contribution in [0.4, 0.5) is 0 Å². The quantitative estimate of drug-likeness (QED) is 0.613. The Morgan fingerprint density at radius 1 is 1.12 bits per heavy atom. The fraction of sp³-hybridized carbons (Fsp3) is 0.800. The second-order valence-corrected chi connectivity index (χ2v) is 11.0. The maximum absolute atomic E-state index is 12.9. The molecule has 0 bridgehead atoms. The van der Waals surface area contributed by atoms with Gasteiger partial charge in [0.25, 0.3) is 0 Å². The Hall–Kier alpha value is -0.450. The van der Waals surface area contributed by atoms with Crippen molar-refractivity contribution in [2.75, 3.05) is 33.2 Å². The highest BCUT2D eigenvalue weighted by molar-refractivity contribution is 7.84. The SMILES string of the molecule is CCN(CCN(C)S(=O)C(C)(C)CC(C)(C)C)CC1=CCCC=C1. The molecule has 0 aliphatic heterocycles. The molecule has 1 atom stereocenters. The normalized spacial score (nSPS) is 17.5. The number of rotatable bonds is 9. The highest BCUT2D eigenvalue weighted by Crippen LogP contribution is 2.31. The van der Waals surface area contributed by atoms with Crippen LogP contribution in [0.15, 0.2) is 23.8 Å². The van der Waals surface area contributed by atoms with Crippen LogP contribution in [-0.2, 0) is 11.0 Å². The van der Waals surface area contributed by atoms with Gasteiger partial charge in [-0.25, -0.2) is 8.51 Å². The van der Waals surface area contributed by atoms with Gasteiger partial charge >= 0.3 is 0 Å². The summed E-state index contributed by atoms with van der Waals surface area (Å²) >= 11 is 0. The molecule has 0 saturated carbocycles. The molecule has 0 spiro atoms. The lowest BCUT2D eigenvalue weighted by Crippen LogP contribution is -2.43. The lowest BCUT2D eigenvalue weighted by Gasteiger charge is -2.35. The van der Waals surface area contributed by atoms with E-state index in [1.165, 1.54) is 12.0 Å². The molecule has 1 aliphatic carbocycles. The Labute approximate surface area is 152 Å². The zero-order chi connectivity index (χ0) is 18.4. The molecule has 1 rings (SSSR count). The van der Waals surface area contributed by atoms with Gasteiger partial charge in [0.2, 0.25) is 0 Å². The summed E-state index contributed by atoms with van der Waals surface area (Å²) in [6.45, 7) is 16.9. The molecule has 0 fully saturated rings. The van der Waals surface area contributed by atoms with E-state index >= 15 is 0 Å². The molecule has 0 saturated heterocycles. The van der Waals surface area contributed by atoms with Gasteiger partial charge in [-0.1, -0.05) is 45.9 Å². The predicted molar refractivity (Wildman–Crippen MR) is 107 cm³/mol. The van der Waals surface area contributed by atoms with E-state index in [9.17, 15) is 4.21 Å². The molecular formula is C20H38N2OS. The van der Waals surface area contributed by atoms with E-state index in [-0.39, 0.29) is 10.2 Å². The maximum atomic E-state index is 12.9. The van der Waals surface area contributed by atoms with Crippen LogP contribution in [0.3, 0.4) is 0 Å². The van der Waals surface area contributed by atoms with Crippen molar-refractivity contribution >= 4 is 11.0 Å². The summed E-state index contributed by atoms with van der Waals surface area (Å²) < 4.78 is 14.8. The van der Waals surface area contributed by atoms with Crippen molar-refractivity contribution in [2.24, 2.45) is 5.41 Å². The largest absolute Gasteiger partial charge is 0.298 e. The van der Waals surface area contributed by atoms with Crippen molar-refractivity contribution in [2.45, 2.75) is 65.6 Å². The summed E-state index contributed by atoms with van der Waals surface area (Å²) in [5.74, 6) is 0. The van der Waals surface area contributed by atoms with Crippen molar-refractivity contribution in [3.05, 3.63) is 23.8 Å². The molecule has 140 valence electrons. The van der Waals surface area contributed by atoms with Gasteiger partial charge in [0, 0.05) is 19.6 Å². The minimum atomic E-state index is -0.969. The lowest BCUT2D eigenvalue weighted by molar-refractivity contribution is 0.288. The van der Waals surface area contributed by atoms with E-state index in [4.69, 9.17) is 0 Å². The Bertz CT molecular complexity index is 475. The lowest BCUT2D eigenvalue weighted by atomic mass is 9.86. The van der Waals surface area contributed by atoms with Crippen molar-refractivity contribution in [1.29, 1.82) is 0 Å². The summed E-state index contributed by atoms with van der Waals surface area (Å²) in [4.78, 5) is 2.44. The van der Waals surface area contributed by atoms with Crippen LogP contribution in [0.1, 0.15) is 60.8 Å². The van der Waals surface area contributed by atoms with Gasteiger partial charge in [0.05, 0.1) is 15.7 Å². The van der Waals surface area contributed by atoms with Gasteiger partial charge in [-0.15, -0.1) is 0 Å². The average Bonchev–Trinajstić information content (AvgIpc) is 2.49. The molecule has 0 radical (unpaired) electrons. The molecule has 0 aromatic carbocycles. The van der Waals surface area contributed by atoms with E-state index in [1.807, 2.05) is 11.4 Å². The summed E-state index contributed by atoms with van der Waals surface area (Å²) in [7, 11) is 1.03. The third-order valence-electron chi connectivity index (χ3n) is 4.37. The second kappa shape index (κ2) is 9.30. The van der Waals surface area contributed by atoms with E-state index in [1.54, 1.807) is 0 Å². The van der Waals surface area contributed by atoms with Crippen molar-refractivity contribution < 1.29 is 4.21 Å². The van der Waals surface area contributed by atoms with Crippen LogP contribution in [0.2, 0.25) is 0 Å². The van der Waals surface area contributed by atoms with Gasteiger partial charge in [-0.05, 0) is 57.7 Å². The smallest absolute Gasteiger partial charge is 0.0998 e. The number of hydrogen-bond acceptors (Lipinski definition) is 2. The van der Waals surface area contributed by atoms with Gasteiger partial charge in [-0.2, -0.15) is 0 Å². The summed E-state index contributed by atoms with van der Waals surface area (Å²) in [5.41, 5.74) is 1.61. The minimum absolute atomic E-state index is 0.190. The zero-order valence-electron chi connectivity index (χ0n) is 16.9. The topological polar surface area (TPSA) is 23.6 Å². The van der Waals surface area contributed by atoms with Crippen molar-refractivity contribution in [3.8, 4) is 0 Å². The Morgan fingerprint density at radius 3 is 2.29 bits per heavy atom. The summed E-state index contributed by atoms with van der Waals surface area (Å²) in [5, 5.41) is 0. The van der Waals surface area contributed by atoms with E-state index in [0.717, 1.165) is 39.0 Å². The summed E-state index contributed by atoms with van der Waals surface area (Å²) in [6, 6.07) is 0. The summed E-state index contributed by atoms with van der Waals surface area (Å²) in [6.07, 6.45) is 10.1. The van der Waals surface area contributed by atoms with Gasteiger partial charge in [0.15, 0.2) is 0 Å². The van der Waals surface area contributed by atoms with Gasteiger partial charge in [0.1, 0.15) is 0 Å². The monoisotopic (exact) mass is 354 g/mol. The predicted octanol–water partition coefficient (Wildman–Crippen LogP) is 4.40. The number of likely N-dealkylation sites (N-methyl/N-ethyl adjacent to an activating group) is 2. The number of nitrogens with zero attached hydrogens (tertiary/aromatic N) is 2. The van der Waals surface area contributed by atoms with Crippen LogP contribution in [0, 0.1) is 5.41 Å². The third kappa shape index (κ3) is 7.62. The molecule has 1 unspecified atom stereocenters. The molecule has 0 N–H and O–H groups in total. The first-order chi connectivity index (χ1) is 11.0. The van der Waals surface area contributed by atoms with E-state index in [0.29, 0.717) is 0 Å². The van der Waals surface area contributed by atoms with Crippen LogP contribution in [0.25, 0.3) is 0 Å². The molecule has 3 nitrogen and oxygen atoms in total. The minimum Gasteiger partial charge on any atom is -0.298 e. The number of allylic oxidation sites excluding steroid dienone is 2. The standard InChI is InChI=1S/C20H38N2OS/c1-8-22(16-18-12-10-9-11-13-18)15-14-21(7)24(23)20(5,6)17-19(2,3)4/h10,12-13H,8-9,11,14-17H2,1-7H3. The fourth-order valence-corrected chi connectivity index (χ4v) is 5.17. The highest BCUT2D eigenvalue weighted by Gasteiger charge is 2.33. The first kappa shape index (κ1) is 21.6. The molecule has 0 aromatic heterocycles. The molecule has 1 aliphatic rings. The zero-order valence-corrected chi connectivity index (χ0v) is 17.7. The first-order valence-corrected chi connectivity index (χ1v) is 10.4. The molecule has 0 aromatic rings. The maximum Gasteiger partial charge on any atom is 0.0998 e. The first-order valence-electron chi connectivity index (χ1n) is 9.26. The van der Waals surface area contributed by atoms with Crippen LogP contribution < -0.4 is 0 Å². The second-order valence-electron chi connectivity index (χ2n) is 8.73. The third-order valence-corrected chi connectivity index (χ3v) is 6.21. The molecule has 0 heterocycles. The van der Waals surface area contributed by atoms with Gasteiger partial charge < -0.3 is 0 Å². The van der Waals surface area contributed by atoms with Crippen molar-refractivity contribution in [3.63, 3.8) is 0 Å². The Morgan fingerprint density at radius 2 is 1.79 bits per heavy atom. The van der Waals surface area contributed by atoms with E-state index in [2.05, 4.69) is 64.7 Å². The highest BCUT2D eigenvalue weighted by atomic mass is 32.2. The molecular weight excluding hydrogens is 316 g/mol. The molecule has 24 heavy (non-hydrogen) atoms. The van der Waals surface area contributed by atoms with Gasteiger partial charge in [-0.3, -0.25) is 4.90 Å². The molecule has 0 amide bonds. The number of hydrogen-bond donors (Lipinski definition) is 0. The van der Waals surface area contributed by atoms with Crippen molar-refractivity contribution in [1.82, 2.24) is 9.21 Å². The van der Waals surface area contributed by atoms with Crippen LogP contribution in [-0.4, -0.2) is 51.4 Å². The fourth-order valence-electron chi connectivity index (χ4n) is 3.52. The van der Waals surface area contributed by atoms with Crippen LogP contribution >= 0.6 is 0 Å². The van der Waals surface area contributed by atoms with E-state index < -0.39 is 11.0 Å².